The summed E-state index contributed by atoms with van der Waals surface area (Å²) in [5.74, 6) is -2.70. The minimum atomic E-state index is -1.13. The average molecular weight is 280 g/mol. The molecule has 1 fully saturated rings. The third-order valence-corrected chi connectivity index (χ3v) is 3.68. The summed E-state index contributed by atoms with van der Waals surface area (Å²) in [6, 6.07) is 9.22. The van der Waals surface area contributed by atoms with E-state index in [2.05, 4.69) is 0 Å². The summed E-state index contributed by atoms with van der Waals surface area (Å²) < 4.78 is 11.4. The molecule has 2 N–H and O–H groups in total. The van der Waals surface area contributed by atoms with Gasteiger partial charge in [0.2, 0.25) is 0 Å². The zero-order chi connectivity index (χ0) is 14.8. The van der Waals surface area contributed by atoms with E-state index in [4.69, 9.17) is 9.47 Å². The van der Waals surface area contributed by atoms with Crippen LogP contribution in [0.1, 0.15) is 32.3 Å². The monoisotopic (exact) mass is 280 g/mol. The van der Waals surface area contributed by atoms with Crippen molar-refractivity contribution in [3.63, 3.8) is 0 Å². The van der Waals surface area contributed by atoms with Gasteiger partial charge in [0.1, 0.15) is 0 Å². The lowest BCUT2D eigenvalue weighted by atomic mass is 9.94. The van der Waals surface area contributed by atoms with Gasteiger partial charge in [-0.1, -0.05) is 37.3 Å². The van der Waals surface area contributed by atoms with E-state index in [1.807, 2.05) is 30.3 Å². The molecule has 110 valence electrons. The van der Waals surface area contributed by atoms with Crippen LogP contribution in [0.25, 0.3) is 0 Å². The number of ether oxygens (including phenoxy) is 2. The summed E-state index contributed by atoms with van der Waals surface area (Å²) in [4.78, 5) is 11.3. The number of carbonyl (C=O) groups is 1. The maximum atomic E-state index is 11.3. The van der Waals surface area contributed by atoms with E-state index in [-0.39, 0.29) is 6.42 Å². The molecule has 1 aromatic rings. The van der Waals surface area contributed by atoms with Crippen LogP contribution in [0, 0.1) is 5.92 Å². The van der Waals surface area contributed by atoms with Crippen LogP contribution in [0.2, 0.25) is 0 Å². The molecule has 1 aliphatic heterocycles. The molecule has 0 amide bonds. The Morgan fingerprint density at radius 2 is 2.05 bits per heavy atom. The van der Waals surface area contributed by atoms with Gasteiger partial charge in [0, 0.05) is 12.0 Å². The van der Waals surface area contributed by atoms with Gasteiger partial charge in [-0.25, -0.2) is 0 Å². The van der Waals surface area contributed by atoms with Crippen molar-refractivity contribution in [2.45, 2.75) is 44.9 Å². The zero-order valence-electron chi connectivity index (χ0n) is 11.7. The predicted molar refractivity (Wildman–Crippen MR) is 71.8 cm³/mol. The molecule has 0 bridgehead atoms. The standard InChI is InChI=1S/C15H20O5/c1-3-11(14(17)18)12-9-13(16)20-15(2,19-12)10-7-5-4-6-8-10/h4-8,11-13,16H,3,9H2,1-2H3,(H,17,18)/t11?,12-,13+,15+/m1/s1. The first kappa shape index (κ1) is 15.0. The Balaban J connectivity index is 2.26. The van der Waals surface area contributed by atoms with Crippen molar-refractivity contribution < 1.29 is 24.5 Å². The van der Waals surface area contributed by atoms with Crippen LogP contribution < -0.4 is 0 Å². The van der Waals surface area contributed by atoms with Crippen LogP contribution in [0.3, 0.4) is 0 Å². The molecule has 5 heteroatoms. The molecule has 0 spiro atoms. The smallest absolute Gasteiger partial charge is 0.309 e. The van der Waals surface area contributed by atoms with Crippen molar-refractivity contribution in [1.82, 2.24) is 0 Å². The fourth-order valence-electron chi connectivity index (χ4n) is 2.59. The van der Waals surface area contributed by atoms with Gasteiger partial charge >= 0.3 is 5.97 Å². The number of benzene rings is 1. The number of aliphatic hydroxyl groups excluding tert-OH is 1. The topological polar surface area (TPSA) is 76.0 Å². The summed E-state index contributed by atoms with van der Waals surface area (Å²) in [5, 5.41) is 19.2. The molecular weight excluding hydrogens is 260 g/mol. The van der Waals surface area contributed by atoms with E-state index < -0.39 is 30.1 Å². The number of aliphatic carboxylic acids is 1. The average Bonchev–Trinajstić information content (AvgIpc) is 2.39. The second-order valence-corrected chi connectivity index (χ2v) is 5.13. The van der Waals surface area contributed by atoms with Crippen molar-refractivity contribution in [1.29, 1.82) is 0 Å². The molecule has 0 aromatic heterocycles. The second-order valence-electron chi connectivity index (χ2n) is 5.13. The fourth-order valence-corrected chi connectivity index (χ4v) is 2.59. The van der Waals surface area contributed by atoms with E-state index in [9.17, 15) is 15.0 Å². The molecule has 2 rings (SSSR count). The van der Waals surface area contributed by atoms with Crippen LogP contribution in [-0.4, -0.2) is 28.6 Å². The summed E-state index contributed by atoms with van der Waals surface area (Å²) in [5.41, 5.74) is 0.754. The van der Waals surface area contributed by atoms with E-state index in [0.29, 0.717) is 6.42 Å². The lowest BCUT2D eigenvalue weighted by Crippen LogP contribution is -2.48. The highest BCUT2D eigenvalue weighted by molar-refractivity contribution is 5.70. The molecule has 1 heterocycles. The highest BCUT2D eigenvalue weighted by Gasteiger charge is 2.43. The largest absolute Gasteiger partial charge is 0.481 e. The number of carboxylic acid groups (broad SMARTS) is 1. The molecular formula is C15H20O5. The summed E-state index contributed by atoms with van der Waals surface area (Å²) in [6.45, 7) is 3.50. The van der Waals surface area contributed by atoms with Gasteiger partial charge < -0.3 is 19.7 Å². The predicted octanol–water partition coefficient (Wildman–Crippen LogP) is 2.09. The Hall–Kier alpha value is -1.43. The second kappa shape index (κ2) is 5.91. The van der Waals surface area contributed by atoms with Gasteiger partial charge in [-0.15, -0.1) is 0 Å². The number of hydrogen-bond donors (Lipinski definition) is 2. The Morgan fingerprint density at radius 3 is 2.60 bits per heavy atom. The van der Waals surface area contributed by atoms with Gasteiger partial charge in [-0.2, -0.15) is 0 Å². The molecule has 1 aliphatic rings. The molecule has 5 nitrogen and oxygen atoms in total. The Morgan fingerprint density at radius 1 is 1.40 bits per heavy atom. The zero-order valence-corrected chi connectivity index (χ0v) is 11.7. The quantitative estimate of drug-likeness (QED) is 0.883. The fraction of sp³-hybridized carbons (Fsp3) is 0.533. The van der Waals surface area contributed by atoms with E-state index in [1.54, 1.807) is 13.8 Å². The summed E-state index contributed by atoms with van der Waals surface area (Å²) in [6.07, 6.45) is -1.01. The SMILES string of the molecule is CCC(C(=O)O)[C@H]1C[C@@H](O)O[C@@](C)(c2ccccc2)O1. The highest BCUT2D eigenvalue weighted by Crippen LogP contribution is 2.37. The van der Waals surface area contributed by atoms with E-state index in [1.165, 1.54) is 0 Å². The van der Waals surface area contributed by atoms with Crippen LogP contribution >= 0.6 is 0 Å². The molecule has 1 saturated heterocycles. The number of rotatable bonds is 4. The molecule has 0 saturated carbocycles. The Bertz CT molecular complexity index is 461. The van der Waals surface area contributed by atoms with Crippen LogP contribution in [0.4, 0.5) is 0 Å². The third-order valence-electron chi connectivity index (χ3n) is 3.68. The van der Waals surface area contributed by atoms with Gasteiger partial charge in [-0.3, -0.25) is 4.79 Å². The maximum Gasteiger partial charge on any atom is 0.309 e. The van der Waals surface area contributed by atoms with Gasteiger partial charge in [-0.05, 0) is 13.3 Å². The summed E-state index contributed by atoms with van der Waals surface area (Å²) in [7, 11) is 0. The molecule has 0 aliphatic carbocycles. The van der Waals surface area contributed by atoms with Crippen molar-refractivity contribution in [2.24, 2.45) is 5.92 Å². The normalized spacial score (nSPS) is 31.8. The number of aliphatic hydroxyl groups is 1. The molecule has 20 heavy (non-hydrogen) atoms. The lowest BCUT2D eigenvalue weighted by molar-refractivity contribution is -0.363. The van der Waals surface area contributed by atoms with Gasteiger partial charge in [0.05, 0.1) is 12.0 Å². The van der Waals surface area contributed by atoms with Crippen LogP contribution in [0.5, 0.6) is 0 Å². The van der Waals surface area contributed by atoms with E-state index in [0.717, 1.165) is 5.56 Å². The first-order valence-electron chi connectivity index (χ1n) is 6.78. The Labute approximate surface area is 118 Å². The third kappa shape index (κ3) is 3.00. The van der Waals surface area contributed by atoms with Crippen LogP contribution in [0.15, 0.2) is 30.3 Å². The van der Waals surface area contributed by atoms with Crippen molar-refractivity contribution >= 4 is 5.97 Å². The summed E-state index contributed by atoms with van der Waals surface area (Å²) >= 11 is 0. The lowest BCUT2D eigenvalue weighted by Gasteiger charge is -2.42. The van der Waals surface area contributed by atoms with Crippen molar-refractivity contribution in [3.8, 4) is 0 Å². The maximum absolute atomic E-state index is 11.3. The van der Waals surface area contributed by atoms with Crippen molar-refractivity contribution in [2.75, 3.05) is 0 Å². The molecule has 0 radical (unpaired) electrons. The van der Waals surface area contributed by atoms with Gasteiger partial charge in [0.25, 0.3) is 0 Å². The highest BCUT2D eigenvalue weighted by atomic mass is 16.8. The van der Waals surface area contributed by atoms with Crippen molar-refractivity contribution in [3.05, 3.63) is 35.9 Å². The van der Waals surface area contributed by atoms with Crippen LogP contribution in [-0.2, 0) is 20.1 Å². The molecule has 1 unspecified atom stereocenters. The first-order chi connectivity index (χ1) is 9.46. The number of carboxylic acids is 1. The minimum Gasteiger partial charge on any atom is -0.481 e. The Kier molecular flexibility index (Phi) is 4.42. The number of hydrogen-bond acceptors (Lipinski definition) is 4. The minimum absolute atomic E-state index is 0.160. The van der Waals surface area contributed by atoms with E-state index >= 15 is 0 Å². The first-order valence-corrected chi connectivity index (χ1v) is 6.78. The molecule has 4 atom stereocenters. The van der Waals surface area contributed by atoms with Gasteiger partial charge in [0.15, 0.2) is 12.1 Å². The molecule has 1 aromatic carbocycles.